The summed E-state index contributed by atoms with van der Waals surface area (Å²) in [4.78, 5) is 32.8. The summed E-state index contributed by atoms with van der Waals surface area (Å²) >= 11 is 1.27. The molecule has 0 fully saturated rings. The van der Waals surface area contributed by atoms with Crippen molar-refractivity contribution in [2.45, 2.75) is 25.5 Å². The molecule has 0 saturated heterocycles. The molecule has 0 aliphatic carbocycles. The third-order valence-electron chi connectivity index (χ3n) is 5.21. The van der Waals surface area contributed by atoms with E-state index in [1.54, 1.807) is 12.3 Å². The van der Waals surface area contributed by atoms with Crippen LogP contribution in [0.1, 0.15) is 32.9 Å². The number of nitrogens with one attached hydrogen (secondary N) is 1. The van der Waals surface area contributed by atoms with Crippen molar-refractivity contribution in [1.82, 2.24) is 20.0 Å². The first-order chi connectivity index (χ1) is 16.9. The lowest BCUT2D eigenvalue weighted by atomic mass is 10.1. The number of benzene rings is 2. The van der Waals surface area contributed by atoms with Gasteiger partial charge in [-0.1, -0.05) is 42.1 Å². The van der Waals surface area contributed by atoms with Crippen molar-refractivity contribution < 1.29 is 14.3 Å². The summed E-state index contributed by atoms with van der Waals surface area (Å²) in [5.74, 6) is -0.439. The standard InChI is InChI=1S/C26H25N5O3S/c1-17-11-18(2)29-26(28-17)35-16-24(32)30-27-13-21-15-31(23-10-5-4-9-22(21)23)14-19-7-6-8-20(12-19)25(33)34-3/h4-13,15H,14,16H2,1-3H3,(H,30,32). The highest BCUT2D eigenvalue weighted by molar-refractivity contribution is 7.99. The lowest BCUT2D eigenvalue weighted by Crippen LogP contribution is -2.19. The molecule has 0 aliphatic rings. The summed E-state index contributed by atoms with van der Waals surface area (Å²) in [6.07, 6.45) is 3.61. The molecular formula is C26H25N5O3S. The van der Waals surface area contributed by atoms with E-state index in [1.807, 2.05) is 68.6 Å². The molecule has 0 spiro atoms. The zero-order valence-corrected chi connectivity index (χ0v) is 20.5. The Hall–Kier alpha value is -3.98. The number of carbonyl (C=O) groups excluding carboxylic acids is 2. The molecule has 2 aromatic heterocycles. The fraction of sp³-hybridized carbons (Fsp3) is 0.192. The second-order valence-electron chi connectivity index (χ2n) is 7.94. The number of rotatable bonds is 8. The number of aryl methyl sites for hydroxylation is 2. The van der Waals surface area contributed by atoms with E-state index in [1.165, 1.54) is 18.9 Å². The van der Waals surface area contributed by atoms with Crippen LogP contribution in [0.15, 0.2) is 71.1 Å². The Kier molecular flexibility index (Phi) is 7.57. The van der Waals surface area contributed by atoms with E-state index in [0.29, 0.717) is 17.3 Å². The lowest BCUT2D eigenvalue weighted by Gasteiger charge is -2.07. The van der Waals surface area contributed by atoms with Crippen molar-refractivity contribution >= 4 is 40.8 Å². The van der Waals surface area contributed by atoms with Gasteiger partial charge in [0.05, 0.1) is 24.6 Å². The van der Waals surface area contributed by atoms with Gasteiger partial charge in [0, 0.05) is 40.6 Å². The number of hydrazone groups is 1. The summed E-state index contributed by atoms with van der Waals surface area (Å²) in [6, 6.07) is 17.2. The number of ether oxygens (including phenoxy) is 1. The molecule has 0 bridgehead atoms. The molecule has 2 heterocycles. The Bertz CT molecular complexity index is 1390. The van der Waals surface area contributed by atoms with Gasteiger partial charge < -0.3 is 9.30 Å². The fourth-order valence-electron chi connectivity index (χ4n) is 3.71. The molecular weight excluding hydrogens is 462 g/mol. The molecule has 2 aromatic carbocycles. The fourth-order valence-corrected chi connectivity index (χ4v) is 4.46. The van der Waals surface area contributed by atoms with Crippen LogP contribution in [0, 0.1) is 13.8 Å². The van der Waals surface area contributed by atoms with E-state index < -0.39 is 0 Å². The smallest absolute Gasteiger partial charge is 0.337 e. The van der Waals surface area contributed by atoms with Crippen LogP contribution in [-0.2, 0) is 16.1 Å². The molecule has 0 radical (unpaired) electrons. The first kappa shape index (κ1) is 24.2. The molecule has 8 nitrogen and oxygen atoms in total. The summed E-state index contributed by atoms with van der Waals surface area (Å²) in [6.45, 7) is 4.36. The third-order valence-corrected chi connectivity index (χ3v) is 6.05. The number of aromatic nitrogens is 3. The van der Waals surface area contributed by atoms with E-state index in [9.17, 15) is 9.59 Å². The Morgan fingerprint density at radius 3 is 2.63 bits per heavy atom. The number of thioether (sulfide) groups is 1. The van der Waals surface area contributed by atoms with Gasteiger partial charge in [-0.15, -0.1) is 0 Å². The Morgan fingerprint density at radius 1 is 1.09 bits per heavy atom. The molecule has 1 amide bonds. The number of esters is 1. The van der Waals surface area contributed by atoms with Gasteiger partial charge >= 0.3 is 5.97 Å². The molecule has 4 aromatic rings. The van der Waals surface area contributed by atoms with Crippen molar-refractivity contribution in [3.63, 3.8) is 0 Å². The molecule has 0 atom stereocenters. The van der Waals surface area contributed by atoms with Crippen LogP contribution < -0.4 is 5.43 Å². The van der Waals surface area contributed by atoms with Gasteiger partial charge in [-0.2, -0.15) is 5.10 Å². The van der Waals surface area contributed by atoms with Crippen LogP contribution in [0.4, 0.5) is 0 Å². The minimum Gasteiger partial charge on any atom is -0.465 e. The maximum atomic E-state index is 12.3. The molecule has 0 aliphatic heterocycles. The largest absolute Gasteiger partial charge is 0.465 e. The number of para-hydroxylation sites is 1. The monoisotopic (exact) mass is 487 g/mol. The van der Waals surface area contributed by atoms with Gasteiger partial charge in [-0.25, -0.2) is 20.2 Å². The van der Waals surface area contributed by atoms with E-state index in [2.05, 4.69) is 25.1 Å². The molecule has 178 valence electrons. The average Bonchev–Trinajstić information content (AvgIpc) is 3.19. The number of hydrogen-bond acceptors (Lipinski definition) is 7. The van der Waals surface area contributed by atoms with Crippen LogP contribution in [-0.4, -0.2) is 45.5 Å². The number of amides is 1. The molecule has 35 heavy (non-hydrogen) atoms. The molecule has 9 heteroatoms. The summed E-state index contributed by atoms with van der Waals surface area (Å²) < 4.78 is 6.91. The third kappa shape index (κ3) is 6.13. The lowest BCUT2D eigenvalue weighted by molar-refractivity contribution is -0.118. The Morgan fingerprint density at radius 2 is 1.86 bits per heavy atom. The summed E-state index contributed by atoms with van der Waals surface area (Å²) in [5, 5.41) is 5.73. The maximum Gasteiger partial charge on any atom is 0.337 e. The van der Waals surface area contributed by atoms with Crippen molar-refractivity contribution in [2.75, 3.05) is 12.9 Å². The second kappa shape index (κ2) is 11.0. The van der Waals surface area contributed by atoms with Crippen molar-refractivity contribution in [3.8, 4) is 0 Å². The topological polar surface area (TPSA) is 98.5 Å². The van der Waals surface area contributed by atoms with Gasteiger partial charge in [0.15, 0.2) is 5.16 Å². The number of carbonyl (C=O) groups is 2. The van der Waals surface area contributed by atoms with Gasteiger partial charge in [0.1, 0.15) is 0 Å². The average molecular weight is 488 g/mol. The minimum atomic E-state index is -0.366. The molecule has 0 saturated carbocycles. The minimum absolute atomic E-state index is 0.165. The first-order valence-electron chi connectivity index (χ1n) is 10.9. The van der Waals surface area contributed by atoms with Crippen LogP contribution in [0.5, 0.6) is 0 Å². The maximum absolute atomic E-state index is 12.3. The van der Waals surface area contributed by atoms with Crippen molar-refractivity contribution in [2.24, 2.45) is 5.10 Å². The predicted octanol–water partition coefficient (Wildman–Crippen LogP) is 4.13. The van der Waals surface area contributed by atoms with E-state index in [0.717, 1.165) is 33.4 Å². The number of hydrogen-bond donors (Lipinski definition) is 1. The molecule has 0 unspecified atom stereocenters. The normalized spacial score (nSPS) is 11.2. The highest BCUT2D eigenvalue weighted by Crippen LogP contribution is 2.22. The second-order valence-corrected chi connectivity index (χ2v) is 8.88. The van der Waals surface area contributed by atoms with E-state index in [-0.39, 0.29) is 17.6 Å². The summed E-state index contributed by atoms with van der Waals surface area (Å²) in [7, 11) is 1.37. The molecule has 1 N–H and O–H groups in total. The summed E-state index contributed by atoms with van der Waals surface area (Å²) in [5.41, 5.74) is 7.68. The Balaban J connectivity index is 1.45. The number of fused-ring (bicyclic) bond motifs is 1. The van der Waals surface area contributed by atoms with E-state index in [4.69, 9.17) is 4.74 Å². The quantitative estimate of drug-likeness (QED) is 0.132. The van der Waals surface area contributed by atoms with Gasteiger partial charge in [0.2, 0.25) is 0 Å². The van der Waals surface area contributed by atoms with E-state index >= 15 is 0 Å². The van der Waals surface area contributed by atoms with Crippen molar-refractivity contribution in [3.05, 3.63) is 88.9 Å². The SMILES string of the molecule is COC(=O)c1cccc(Cn2cc(C=NNC(=O)CSc3nc(C)cc(C)n3)c3ccccc32)c1. The zero-order chi connectivity index (χ0) is 24.8. The highest BCUT2D eigenvalue weighted by atomic mass is 32.2. The molecule has 4 rings (SSSR count). The Labute approximate surface area is 207 Å². The van der Waals surface area contributed by atoms with Crippen LogP contribution in [0.25, 0.3) is 10.9 Å². The van der Waals surface area contributed by atoms with Gasteiger partial charge in [-0.05, 0) is 43.7 Å². The van der Waals surface area contributed by atoms with Crippen molar-refractivity contribution in [1.29, 1.82) is 0 Å². The van der Waals surface area contributed by atoms with Crippen LogP contribution in [0.2, 0.25) is 0 Å². The van der Waals surface area contributed by atoms with Crippen LogP contribution >= 0.6 is 11.8 Å². The number of nitrogens with zero attached hydrogens (tertiary/aromatic N) is 4. The first-order valence-corrected chi connectivity index (χ1v) is 11.9. The van der Waals surface area contributed by atoms with Gasteiger partial charge in [0.25, 0.3) is 5.91 Å². The predicted molar refractivity (Wildman–Crippen MR) is 137 cm³/mol. The number of methoxy groups -OCH3 is 1. The highest BCUT2D eigenvalue weighted by Gasteiger charge is 2.10. The van der Waals surface area contributed by atoms with Gasteiger partial charge in [-0.3, -0.25) is 4.79 Å². The van der Waals surface area contributed by atoms with Crippen LogP contribution in [0.3, 0.4) is 0 Å². The zero-order valence-electron chi connectivity index (χ0n) is 19.7.